The number of rotatable bonds is 7. The van der Waals surface area contributed by atoms with E-state index >= 15 is 0 Å². The van der Waals surface area contributed by atoms with Gasteiger partial charge in [-0.3, -0.25) is 9.69 Å². The lowest BCUT2D eigenvalue weighted by Gasteiger charge is -2.28. The Morgan fingerprint density at radius 1 is 0.964 bits per heavy atom. The van der Waals surface area contributed by atoms with Crippen LogP contribution in [-0.4, -0.2) is 54.5 Å². The molecule has 1 amide bonds. The second-order valence-corrected chi connectivity index (χ2v) is 8.85. The summed E-state index contributed by atoms with van der Waals surface area (Å²) in [6.45, 7) is 5.09. The van der Waals surface area contributed by atoms with Crippen molar-refractivity contribution >= 4 is 23.4 Å². The van der Waals surface area contributed by atoms with Gasteiger partial charge in [-0.2, -0.15) is 0 Å². The van der Waals surface area contributed by atoms with E-state index in [0.717, 1.165) is 23.7 Å². The number of carbonyl (C=O) groups is 1. The van der Waals surface area contributed by atoms with Crippen LogP contribution in [0.25, 0.3) is 0 Å². The van der Waals surface area contributed by atoms with Gasteiger partial charge in [0.25, 0.3) is 0 Å². The van der Waals surface area contributed by atoms with Crippen molar-refractivity contribution in [3.05, 3.63) is 54.6 Å². The Labute approximate surface area is 172 Å². The number of hydrogen-bond acceptors (Lipinski definition) is 4. The highest BCUT2D eigenvalue weighted by Gasteiger charge is 2.28. The molecule has 0 spiro atoms. The topological polar surface area (TPSA) is 35.6 Å². The second kappa shape index (κ2) is 9.59. The third-order valence-corrected chi connectivity index (χ3v) is 6.73. The molecule has 0 radical (unpaired) electrons. The van der Waals surface area contributed by atoms with Gasteiger partial charge in [-0.25, -0.2) is 0 Å². The van der Waals surface area contributed by atoms with Crippen molar-refractivity contribution in [1.82, 2.24) is 9.80 Å². The lowest BCUT2D eigenvalue weighted by molar-refractivity contribution is -0.117. The molecular formula is C23H29N3OS. The SMILES string of the molecule is O=C(CN1CCCC1CN1CCCC1)Nc1ccccc1Sc1ccccc1. The molecule has 2 aromatic carbocycles. The fourth-order valence-corrected chi connectivity index (χ4v) is 5.14. The van der Waals surface area contributed by atoms with Crippen molar-refractivity contribution in [3.8, 4) is 0 Å². The van der Waals surface area contributed by atoms with E-state index in [1.54, 1.807) is 11.8 Å². The molecule has 2 fully saturated rings. The van der Waals surface area contributed by atoms with Gasteiger partial charge in [0, 0.05) is 22.4 Å². The molecule has 0 bridgehead atoms. The van der Waals surface area contributed by atoms with Gasteiger partial charge in [-0.05, 0) is 69.6 Å². The molecule has 148 valence electrons. The molecule has 0 aromatic heterocycles. The van der Waals surface area contributed by atoms with Crippen LogP contribution in [-0.2, 0) is 4.79 Å². The molecule has 0 aliphatic carbocycles. The maximum absolute atomic E-state index is 12.8. The molecule has 28 heavy (non-hydrogen) atoms. The lowest BCUT2D eigenvalue weighted by atomic mass is 10.2. The van der Waals surface area contributed by atoms with E-state index < -0.39 is 0 Å². The van der Waals surface area contributed by atoms with Crippen molar-refractivity contribution in [2.24, 2.45) is 0 Å². The third kappa shape index (κ3) is 5.16. The molecule has 4 nitrogen and oxygen atoms in total. The zero-order valence-electron chi connectivity index (χ0n) is 16.3. The maximum atomic E-state index is 12.8. The van der Waals surface area contributed by atoms with Crippen LogP contribution in [0.15, 0.2) is 64.4 Å². The number of benzene rings is 2. The van der Waals surface area contributed by atoms with E-state index in [2.05, 4.69) is 33.3 Å². The Kier molecular flexibility index (Phi) is 6.68. The number of nitrogens with zero attached hydrogens (tertiary/aromatic N) is 2. The Morgan fingerprint density at radius 2 is 1.71 bits per heavy atom. The molecule has 4 rings (SSSR count). The Hall–Kier alpha value is -1.82. The first-order valence-electron chi connectivity index (χ1n) is 10.4. The van der Waals surface area contributed by atoms with Crippen LogP contribution < -0.4 is 5.32 Å². The van der Waals surface area contributed by atoms with Crippen molar-refractivity contribution in [2.45, 2.75) is 41.5 Å². The zero-order chi connectivity index (χ0) is 19.2. The minimum absolute atomic E-state index is 0.0921. The molecular weight excluding hydrogens is 366 g/mol. The summed E-state index contributed by atoms with van der Waals surface area (Å²) in [5, 5.41) is 3.16. The molecule has 1 atom stereocenters. The van der Waals surface area contributed by atoms with Gasteiger partial charge < -0.3 is 10.2 Å². The fraction of sp³-hybridized carbons (Fsp3) is 0.435. The summed E-state index contributed by atoms with van der Waals surface area (Å²) < 4.78 is 0. The summed E-state index contributed by atoms with van der Waals surface area (Å²) in [5.41, 5.74) is 0.900. The van der Waals surface area contributed by atoms with Crippen molar-refractivity contribution < 1.29 is 4.79 Å². The molecule has 1 unspecified atom stereocenters. The number of nitrogens with one attached hydrogen (secondary N) is 1. The number of likely N-dealkylation sites (tertiary alicyclic amines) is 2. The largest absolute Gasteiger partial charge is 0.324 e. The van der Waals surface area contributed by atoms with Crippen LogP contribution in [0, 0.1) is 0 Å². The van der Waals surface area contributed by atoms with Gasteiger partial charge in [0.2, 0.25) is 5.91 Å². The minimum atomic E-state index is 0.0921. The van der Waals surface area contributed by atoms with E-state index in [-0.39, 0.29) is 5.91 Å². The Bertz CT molecular complexity index is 776. The highest BCUT2D eigenvalue weighted by Crippen LogP contribution is 2.33. The Morgan fingerprint density at radius 3 is 2.54 bits per heavy atom. The fourth-order valence-electron chi connectivity index (χ4n) is 4.22. The van der Waals surface area contributed by atoms with Gasteiger partial charge in [-0.15, -0.1) is 0 Å². The number of anilines is 1. The summed E-state index contributed by atoms with van der Waals surface area (Å²) >= 11 is 1.69. The van der Waals surface area contributed by atoms with Gasteiger partial charge in [0.05, 0.1) is 12.2 Å². The first-order valence-corrected chi connectivity index (χ1v) is 11.2. The van der Waals surface area contributed by atoms with E-state index in [1.165, 1.54) is 43.7 Å². The van der Waals surface area contributed by atoms with Gasteiger partial charge in [-0.1, -0.05) is 42.1 Å². The highest BCUT2D eigenvalue weighted by atomic mass is 32.2. The van der Waals surface area contributed by atoms with Crippen LogP contribution in [0.1, 0.15) is 25.7 Å². The molecule has 2 aromatic rings. The van der Waals surface area contributed by atoms with Crippen LogP contribution in [0.2, 0.25) is 0 Å². The summed E-state index contributed by atoms with van der Waals surface area (Å²) in [5.74, 6) is 0.0921. The Balaban J connectivity index is 1.35. The van der Waals surface area contributed by atoms with Gasteiger partial charge in [0.1, 0.15) is 0 Å². The molecule has 2 saturated heterocycles. The predicted octanol–water partition coefficient (Wildman–Crippen LogP) is 4.34. The maximum Gasteiger partial charge on any atom is 0.238 e. The number of para-hydroxylation sites is 1. The van der Waals surface area contributed by atoms with E-state index in [9.17, 15) is 4.79 Å². The van der Waals surface area contributed by atoms with Gasteiger partial charge in [0.15, 0.2) is 0 Å². The molecule has 1 N–H and O–H groups in total. The third-order valence-electron chi connectivity index (χ3n) is 5.65. The number of amides is 1. The number of carbonyl (C=O) groups excluding carboxylic acids is 1. The van der Waals surface area contributed by atoms with Gasteiger partial charge >= 0.3 is 0 Å². The predicted molar refractivity (Wildman–Crippen MR) is 116 cm³/mol. The van der Waals surface area contributed by atoms with Crippen LogP contribution in [0.5, 0.6) is 0 Å². The number of hydrogen-bond donors (Lipinski definition) is 1. The molecule has 0 saturated carbocycles. The molecule has 2 heterocycles. The first-order chi connectivity index (χ1) is 13.8. The van der Waals surface area contributed by atoms with Crippen molar-refractivity contribution in [1.29, 1.82) is 0 Å². The van der Waals surface area contributed by atoms with Crippen molar-refractivity contribution in [2.75, 3.05) is 38.0 Å². The monoisotopic (exact) mass is 395 g/mol. The van der Waals surface area contributed by atoms with Crippen molar-refractivity contribution in [3.63, 3.8) is 0 Å². The van der Waals surface area contributed by atoms with E-state index in [0.29, 0.717) is 12.6 Å². The second-order valence-electron chi connectivity index (χ2n) is 7.73. The van der Waals surface area contributed by atoms with E-state index in [1.807, 2.05) is 36.4 Å². The van der Waals surface area contributed by atoms with Crippen LogP contribution in [0.4, 0.5) is 5.69 Å². The standard InChI is InChI=1S/C23H29N3OS/c27-23(18-26-16-8-9-19(26)17-25-14-6-7-15-25)24-21-12-4-5-13-22(21)28-20-10-2-1-3-11-20/h1-5,10-13,19H,6-9,14-18H2,(H,24,27). The smallest absolute Gasteiger partial charge is 0.238 e. The minimum Gasteiger partial charge on any atom is -0.324 e. The first kappa shape index (κ1) is 19.5. The summed E-state index contributed by atoms with van der Waals surface area (Å²) in [6.07, 6.45) is 5.06. The average molecular weight is 396 g/mol. The zero-order valence-corrected chi connectivity index (χ0v) is 17.2. The highest BCUT2D eigenvalue weighted by molar-refractivity contribution is 7.99. The molecule has 2 aliphatic rings. The van der Waals surface area contributed by atoms with Crippen LogP contribution in [0.3, 0.4) is 0 Å². The molecule has 5 heteroatoms. The van der Waals surface area contributed by atoms with Crippen LogP contribution >= 0.6 is 11.8 Å². The summed E-state index contributed by atoms with van der Waals surface area (Å²) in [4.78, 5) is 20.0. The van der Waals surface area contributed by atoms with E-state index in [4.69, 9.17) is 0 Å². The summed E-state index contributed by atoms with van der Waals surface area (Å²) in [6, 6.07) is 18.9. The molecule has 2 aliphatic heterocycles. The summed E-state index contributed by atoms with van der Waals surface area (Å²) in [7, 11) is 0. The normalized spacial score (nSPS) is 20.5. The quantitative estimate of drug-likeness (QED) is 0.757. The average Bonchev–Trinajstić information content (AvgIpc) is 3.37. The lowest BCUT2D eigenvalue weighted by Crippen LogP contribution is -2.42.